The third-order valence-electron chi connectivity index (χ3n) is 2.59. The Morgan fingerprint density at radius 2 is 1.88 bits per heavy atom. The summed E-state index contributed by atoms with van der Waals surface area (Å²) in [6, 6.07) is 9.35. The van der Waals surface area contributed by atoms with E-state index in [0.29, 0.717) is 0 Å². The summed E-state index contributed by atoms with van der Waals surface area (Å²) in [4.78, 5) is 0. The third-order valence-corrected chi connectivity index (χ3v) is 4.27. The van der Waals surface area contributed by atoms with Crippen molar-refractivity contribution >= 4 is 9.84 Å². The average Bonchev–Trinajstić information content (AvgIpc) is 2.26. The topological polar surface area (TPSA) is 46.2 Å². The van der Waals surface area contributed by atoms with E-state index >= 15 is 0 Å². The quantitative estimate of drug-likeness (QED) is 0.823. The summed E-state index contributed by atoms with van der Waals surface area (Å²) in [6.07, 6.45) is 0.824. The minimum absolute atomic E-state index is 0.0497. The van der Waals surface area contributed by atoms with Gasteiger partial charge in [-0.1, -0.05) is 37.3 Å². The Labute approximate surface area is 97.8 Å². The van der Waals surface area contributed by atoms with Crippen LogP contribution in [-0.2, 0) is 15.6 Å². The molecule has 0 saturated carbocycles. The fraction of sp³-hybridized carbons (Fsp3) is 0.500. The first-order chi connectivity index (χ1) is 7.57. The largest absolute Gasteiger partial charge is 0.316 e. The van der Waals surface area contributed by atoms with Crippen LogP contribution in [0.3, 0.4) is 0 Å². The average molecular weight is 241 g/mol. The standard InChI is InChI=1S/C12H19NO2S/c1-3-12(13-2)10-16(14,15)9-11-7-5-4-6-8-11/h4-8,12-13H,3,9-10H2,1-2H3. The van der Waals surface area contributed by atoms with E-state index in [2.05, 4.69) is 5.32 Å². The first kappa shape index (κ1) is 13.2. The summed E-state index contributed by atoms with van der Waals surface area (Å²) >= 11 is 0. The van der Waals surface area contributed by atoms with Crippen molar-refractivity contribution in [2.45, 2.75) is 25.1 Å². The predicted molar refractivity (Wildman–Crippen MR) is 67.1 cm³/mol. The van der Waals surface area contributed by atoms with Crippen molar-refractivity contribution < 1.29 is 8.42 Å². The van der Waals surface area contributed by atoms with E-state index in [1.807, 2.05) is 37.3 Å². The van der Waals surface area contributed by atoms with E-state index in [-0.39, 0.29) is 17.5 Å². The van der Waals surface area contributed by atoms with Gasteiger partial charge in [-0.25, -0.2) is 8.42 Å². The Morgan fingerprint density at radius 1 is 1.25 bits per heavy atom. The van der Waals surface area contributed by atoms with E-state index in [1.54, 1.807) is 7.05 Å². The Balaban J connectivity index is 2.66. The van der Waals surface area contributed by atoms with Gasteiger partial charge in [0, 0.05) is 6.04 Å². The lowest BCUT2D eigenvalue weighted by molar-refractivity contribution is 0.555. The highest BCUT2D eigenvalue weighted by Crippen LogP contribution is 2.08. The predicted octanol–water partition coefficient (Wildman–Crippen LogP) is 1.60. The zero-order valence-electron chi connectivity index (χ0n) is 9.81. The maximum Gasteiger partial charge on any atom is 0.155 e. The van der Waals surface area contributed by atoms with Crippen LogP contribution in [0.2, 0.25) is 0 Å². The molecule has 90 valence electrons. The van der Waals surface area contributed by atoms with E-state index in [4.69, 9.17) is 0 Å². The lowest BCUT2D eigenvalue weighted by Gasteiger charge is -2.13. The van der Waals surface area contributed by atoms with Crippen molar-refractivity contribution in [3.05, 3.63) is 35.9 Å². The lowest BCUT2D eigenvalue weighted by atomic mass is 10.2. The first-order valence-electron chi connectivity index (χ1n) is 5.49. The minimum Gasteiger partial charge on any atom is -0.316 e. The van der Waals surface area contributed by atoms with E-state index in [9.17, 15) is 8.42 Å². The van der Waals surface area contributed by atoms with Gasteiger partial charge < -0.3 is 5.32 Å². The van der Waals surface area contributed by atoms with Crippen LogP contribution < -0.4 is 5.32 Å². The summed E-state index contributed by atoms with van der Waals surface area (Å²) in [5.74, 6) is 0.334. The summed E-state index contributed by atoms with van der Waals surface area (Å²) in [6.45, 7) is 1.99. The fourth-order valence-electron chi connectivity index (χ4n) is 1.60. The molecule has 1 aromatic carbocycles. The van der Waals surface area contributed by atoms with Crippen LogP contribution in [0.15, 0.2) is 30.3 Å². The molecule has 1 N–H and O–H groups in total. The monoisotopic (exact) mass is 241 g/mol. The van der Waals surface area contributed by atoms with E-state index in [1.165, 1.54) is 0 Å². The lowest BCUT2D eigenvalue weighted by Crippen LogP contribution is -2.32. The Morgan fingerprint density at radius 3 is 2.38 bits per heavy atom. The SMILES string of the molecule is CCC(CS(=O)(=O)Cc1ccccc1)NC. The molecule has 4 heteroatoms. The highest BCUT2D eigenvalue weighted by molar-refractivity contribution is 7.90. The van der Waals surface area contributed by atoms with Gasteiger partial charge in [-0.15, -0.1) is 0 Å². The van der Waals surface area contributed by atoms with Crippen LogP contribution in [0.25, 0.3) is 0 Å². The second-order valence-corrected chi connectivity index (χ2v) is 6.04. The number of rotatable bonds is 6. The molecule has 0 aliphatic rings. The van der Waals surface area contributed by atoms with Gasteiger partial charge in [-0.2, -0.15) is 0 Å². The molecule has 1 rings (SSSR count). The molecule has 1 atom stereocenters. The summed E-state index contributed by atoms with van der Waals surface area (Å²) < 4.78 is 23.8. The molecule has 0 aliphatic heterocycles. The van der Waals surface area contributed by atoms with E-state index in [0.717, 1.165) is 12.0 Å². The molecule has 16 heavy (non-hydrogen) atoms. The van der Waals surface area contributed by atoms with Crippen LogP contribution in [-0.4, -0.2) is 27.3 Å². The van der Waals surface area contributed by atoms with Crippen LogP contribution in [0.1, 0.15) is 18.9 Å². The van der Waals surface area contributed by atoms with Gasteiger partial charge in [-0.3, -0.25) is 0 Å². The first-order valence-corrected chi connectivity index (χ1v) is 7.31. The Kier molecular flexibility index (Phi) is 4.96. The zero-order chi connectivity index (χ0) is 12.0. The molecule has 0 heterocycles. The second-order valence-electron chi connectivity index (χ2n) is 3.93. The molecule has 0 aromatic heterocycles. The van der Waals surface area contributed by atoms with Gasteiger partial charge in [0.1, 0.15) is 0 Å². The van der Waals surface area contributed by atoms with Crippen LogP contribution in [0.5, 0.6) is 0 Å². The van der Waals surface area contributed by atoms with Crippen molar-refractivity contribution in [1.82, 2.24) is 5.32 Å². The highest BCUT2D eigenvalue weighted by Gasteiger charge is 2.17. The minimum atomic E-state index is -3.02. The molecule has 0 spiro atoms. The van der Waals surface area contributed by atoms with Crippen molar-refractivity contribution in [3.8, 4) is 0 Å². The van der Waals surface area contributed by atoms with Crippen LogP contribution in [0.4, 0.5) is 0 Å². The number of benzene rings is 1. The molecule has 1 unspecified atom stereocenters. The van der Waals surface area contributed by atoms with Crippen molar-refractivity contribution in [2.75, 3.05) is 12.8 Å². The fourth-order valence-corrected chi connectivity index (χ4v) is 3.43. The third kappa shape index (κ3) is 4.33. The molecule has 0 fully saturated rings. The molecule has 0 radical (unpaired) electrons. The summed E-state index contributed by atoms with van der Waals surface area (Å²) in [7, 11) is -1.22. The summed E-state index contributed by atoms with van der Waals surface area (Å²) in [5, 5.41) is 3.01. The van der Waals surface area contributed by atoms with Gasteiger partial charge in [0.15, 0.2) is 9.84 Å². The molecule has 3 nitrogen and oxygen atoms in total. The maximum atomic E-state index is 11.9. The molecular formula is C12H19NO2S. The smallest absolute Gasteiger partial charge is 0.155 e. The molecule has 0 amide bonds. The van der Waals surface area contributed by atoms with Gasteiger partial charge in [0.2, 0.25) is 0 Å². The Hall–Kier alpha value is -0.870. The van der Waals surface area contributed by atoms with Crippen molar-refractivity contribution in [2.24, 2.45) is 0 Å². The molecule has 0 bridgehead atoms. The highest BCUT2D eigenvalue weighted by atomic mass is 32.2. The van der Waals surface area contributed by atoms with Crippen molar-refractivity contribution in [1.29, 1.82) is 0 Å². The molecule has 0 saturated heterocycles. The molecule has 0 aliphatic carbocycles. The second kappa shape index (κ2) is 6.01. The molecule has 1 aromatic rings. The number of nitrogens with one attached hydrogen (secondary N) is 1. The summed E-state index contributed by atoms with van der Waals surface area (Å²) in [5.41, 5.74) is 0.855. The van der Waals surface area contributed by atoms with Crippen LogP contribution in [0, 0.1) is 0 Å². The van der Waals surface area contributed by atoms with E-state index < -0.39 is 9.84 Å². The van der Waals surface area contributed by atoms with Gasteiger partial charge >= 0.3 is 0 Å². The van der Waals surface area contributed by atoms with Crippen LogP contribution >= 0.6 is 0 Å². The van der Waals surface area contributed by atoms with Gasteiger partial charge in [-0.05, 0) is 19.0 Å². The zero-order valence-corrected chi connectivity index (χ0v) is 10.6. The number of sulfone groups is 1. The number of hydrogen-bond donors (Lipinski definition) is 1. The van der Waals surface area contributed by atoms with Crippen molar-refractivity contribution in [3.63, 3.8) is 0 Å². The number of hydrogen-bond acceptors (Lipinski definition) is 3. The van der Waals surface area contributed by atoms with Gasteiger partial charge in [0.05, 0.1) is 11.5 Å². The molecular weight excluding hydrogens is 222 g/mol. The Bertz CT molecular complexity index is 396. The van der Waals surface area contributed by atoms with Gasteiger partial charge in [0.25, 0.3) is 0 Å². The normalized spacial score (nSPS) is 13.6. The maximum absolute atomic E-state index is 11.9.